The summed E-state index contributed by atoms with van der Waals surface area (Å²) in [7, 11) is 0. The molecular formula is C47H34N9+3. The number of hydrogen-bond acceptors (Lipinski definition) is 0. The van der Waals surface area contributed by atoms with E-state index in [9.17, 15) is 0 Å². The lowest BCUT2D eigenvalue weighted by Crippen LogP contribution is -2.36. The Morgan fingerprint density at radius 2 is 0.857 bits per heavy atom. The van der Waals surface area contributed by atoms with Crippen LogP contribution >= 0.6 is 0 Å². The lowest BCUT2D eigenvalue weighted by Gasteiger charge is -2.00. The van der Waals surface area contributed by atoms with Gasteiger partial charge in [0, 0.05) is 16.7 Å². The summed E-state index contributed by atoms with van der Waals surface area (Å²) in [5.74, 6) is 0. The van der Waals surface area contributed by atoms with E-state index in [1.165, 1.54) is 44.9 Å². The Hall–Kier alpha value is -7.80. The van der Waals surface area contributed by atoms with Gasteiger partial charge in [-0.1, -0.05) is 78.4 Å². The molecule has 0 aliphatic carbocycles. The molecule has 3 aromatic heterocycles. The zero-order chi connectivity index (χ0) is 38.1. The van der Waals surface area contributed by atoms with E-state index >= 15 is 0 Å². The molecule has 6 heterocycles. The van der Waals surface area contributed by atoms with Gasteiger partial charge in [-0.05, 0) is 61.9 Å². The monoisotopic (exact) mass is 724 g/mol. The van der Waals surface area contributed by atoms with Crippen LogP contribution in [0.25, 0.3) is 64.3 Å². The summed E-state index contributed by atoms with van der Waals surface area (Å²) >= 11 is 0. The van der Waals surface area contributed by atoms with Gasteiger partial charge >= 0.3 is 0 Å². The van der Waals surface area contributed by atoms with Gasteiger partial charge in [0.25, 0.3) is 0 Å². The number of hydrogen-bond donors (Lipinski definition) is 0. The Morgan fingerprint density at radius 1 is 0.429 bits per heavy atom. The maximum atomic E-state index is 7.36. The summed E-state index contributed by atoms with van der Waals surface area (Å²) in [5, 5.41) is 3.37. The van der Waals surface area contributed by atoms with Crippen LogP contribution in [0, 0.1) is 33.6 Å². The van der Waals surface area contributed by atoms with Gasteiger partial charge in [-0.15, -0.1) is 28.1 Å². The van der Waals surface area contributed by atoms with Crippen LogP contribution in [-0.4, -0.2) is 14.0 Å². The van der Waals surface area contributed by atoms with E-state index < -0.39 is 0 Å². The molecule has 0 spiro atoms. The van der Waals surface area contributed by atoms with Gasteiger partial charge in [0.1, 0.15) is 33.6 Å². The van der Waals surface area contributed by atoms with Gasteiger partial charge in [-0.3, -0.25) is 0 Å². The van der Waals surface area contributed by atoms with Crippen molar-refractivity contribution in [3.05, 3.63) is 196 Å². The first kappa shape index (κ1) is 32.8. The van der Waals surface area contributed by atoms with Gasteiger partial charge in [-0.25, -0.2) is 14.5 Å². The van der Waals surface area contributed by atoms with Crippen molar-refractivity contribution in [2.75, 3.05) is 0 Å². The Kier molecular flexibility index (Phi) is 7.42. The van der Waals surface area contributed by atoms with Gasteiger partial charge in [0.15, 0.2) is 19.6 Å². The molecule has 0 saturated heterocycles. The van der Waals surface area contributed by atoms with Crippen LogP contribution in [0.15, 0.2) is 134 Å². The molecule has 0 amide bonds. The van der Waals surface area contributed by atoms with Crippen LogP contribution in [-0.2, 0) is 19.6 Å². The first-order chi connectivity index (χ1) is 27.4. The number of aryl methyl sites for hydroxylation is 2. The van der Waals surface area contributed by atoms with E-state index in [1.54, 1.807) is 0 Å². The van der Waals surface area contributed by atoms with Crippen LogP contribution in [0.1, 0.15) is 27.8 Å². The second-order valence-corrected chi connectivity index (χ2v) is 14.5. The summed E-state index contributed by atoms with van der Waals surface area (Å²) in [4.78, 5) is 11.0. The third-order valence-corrected chi connectivity index (χ3v) is 10.9. The molecule has 0 N–H and O–H groups in total. The summed E-state index contributed by atoms with van der Waals surface area (Å²) in [6.07, 6.45) is 6.36. The molecule has 9 aromatic rings. The highest BCUT2D eigenvalue weighted by molar-refractivity contribution is 5.93. The molecular weight excluding hydrogens is 691 g/mol. The van der Waals surface area contributed by atoms with Crippen LogP contribution in [0.3, 0.4) is 0 Å². The van der Waals surface area contributed by atoms with Crippen LogP contribution in [0.4, 0.5) is 17.1 Å². The van der Waals surface area contributed by atoms with Crippen molar-refractivity contribution in [3.8, 4) is 17.1 Å². The molecule has 0 bridgehead atoms. The van der Waals surface area contributed by atoms with Crippen molar-refractivity contribution in [3.63, 3.8) is 0 Å². The van der Waals surface area contributed by atoms with Crippen LogP contribution in [0.2, 0.25) is 0 Å². The third kappa shape index (κ3) is 5.01. The van der Waals surface area contributed by atoms with E-state index in [0.717, 1.165) is 52.3 Å². The first-order valence-corrected chi connectivity index (χ1v) is 18.5. The molecule has 6 aromatic carbocycles. The fraction of sp³-hybridized carbons (Fsp3) is 0.106. The number of aromatic nitrogens is 6. The zero-order valence-corrected chi connectivity index (χ0v) is 30.8. The maximum Gasteiger partial charge on any atom is 0.217 e. The van der Waals surface area contributed by atoms with E-state index in [4.69, 9.17) is 19.7 Å². The number of rotatable bonds is 0. The van der Waals surface area contributed by atoms with Crippen molar-refractivity contribution in [1.29, 1.82) is 0 Å². The molecule has 0 fully saturated rings. The summed E-state index contributed by atoms with van der Waals surface area (Å²) in [5.41, 5.74) is 15.2. The molecule has 264 valence electrons. The first-order valence-electron chi connectivity index (χ1n) is 18.5. The van der Waals surface area contributed by atoms with Gasteiger partial charge in [-0.2, -0.15) is 0 Å². The molecule has 12 rings (SSSR count). The zero-order valence-electron chi connectivity index (χ0n) is 30.8. The summed E-state index contributed by atoms with van der Waals surface area (Å²) in [6.45, 7) is 28.9. The van der Waals surface area contributed by atoms with Gasteiger partial charge in [0.2, 0.25) is 35.7 Å². The second-order valence-electron chi connectivity index (χ2n) is 14.5. The fourth-order valence-corrected chi connectivity index (χ4v) is 8.51. The standard InChI is InChI=1S/2C16H12N3.C15H10N3/c1-11-6-7-12-9-18-10-13-4-3-5-14(17-2)16(13)19(18)15(12)8-11;1-11-6-7-15-13(8-11)10-18-9-12-4-3-5-14(17-2)16(12)19(15)18;1-16-13-7-4-6-12-10-17-9-11-5-2-3-8-14(11)18(17)15(12)13/h3-8,10H,9H2,1H3;3-9H,10H2,1H3;2-8,10H,9H2/q3*+1. The molecule has 0 saturated carbocycles. The highest BCUT2D eigenvalue weighted by Crippen LogP contribution is 2.34. The Labute approximate surface area is 323 Å². The highest BCUT2D eigenvalue weighted by Gasteiger charge is 2.31. The van der Waals surface area contributed by atoms with Gasteiger partial charge < -0.3 is 0 Å². The van der Waals surface area contributed by atoms with Crippen LogP contribution < -0.4 is 14.0 Å². The van der Waals surface area contributed by atoms with E-state index in [2.05, 4.69) is 148 Å². The Morgan fingerprint density at radius 3 is 1.39 bits per heavy atom. The van der Waals surface area contributed by atoms with Crippen molar-refractivity contribution in [2.45, 2.75) is 33.5 Å². The molecule has 0 atom stereocenters. The minimum absolute atomic E-state index is 0.711. The average Bonchev–Trinajstić information content (AvgIpc) is 4.05. The quantitative estimate of drug-likeness (QED) is 0.111. The lowest BCUT2D eigenvalue weighted by molar-refractivity contribution is -0.749. The van der Waals surface area contributed by atoms with Crippen molar-refractivity contribution in [2.24, 2.45) is 0 Å². The van der Waals surface area contributed by atoms with Crippen molar-refractivity contribution >= 4 is 49.8 Å². The second kappa shape index (κ2) is 12.7. The normalized spacial score (nSPS) is 12.2. The summed E-state index contributed by atoms with van der Waals surface area (Å²) in [6, 6.07) is 39.0. The Bertz CT molecular complexity index is 3240. The van der Waals surface area contributed by atoms with E-state index in [-0.39, 0.29) is 0 Å². The molecule has 3 aliphatic rings. The van der Waals surface area contributed by atoms with E-state index in [1.807, 2.05) is 42.5 Å². The smallest absolute Gasteiger partial charge is 0.217 e. The van der Waals surface area contributed by atoms with E-state index in [0.29, 0.717) is 17.1 Å². The largest absolute Gasteiger partial charge is 0.236 e. The lowest BCUT2D eigenvalue weighted by atomic mass is 10.1. The topological polar surface area (TPSA) is 39.5 Å². The number of benzene rings is 6. The number of para-hydroxylation sites is 4. The summed E-state index contributed by atoms with van der Waals surface area (Å²) < 4.78 is 13.0. The molecule has 0 radical (unpaired) electrons. The predicted octanol–water partition coefficient (Wildman–Crippen LogP) is 9.11. The number of nitrogens with zero attached hydrogens (tertiary/aromatic N) is 9. The minimum atomic E-state index is 0.711. The Balaban J connectivity index is 0.000000103. The SMILES string of the molecule is [C-]#[N+]c1cccc2c[n+]3n(c12)-c1cc(C)ccc1C3.[C-]#[N+]c1cccc2c[n+]3n(c12)-c1ccc(C)cc1C3.[C-]#[N+]c1cccc2c[n+]3n(c12)-c1ccccc1C3. The highest BCUT2D eigenvalue weighted by atomic mass is 15.4. The molecule has 0 unspecified atom stereocenters. The number of fused-ring (bicyclic) bond motifs is 15. The molecule has 3 aliphatic heterocycles. The molecule has 9 heteroatoms. The molecule has 56 heavy (non-hydrogen) atoms. The van der Waals surface area contributed by atoms with Crippen molar-refractivity contribution in [1.82, 2.24) is 14.0 Å². The van der Waals surface area contributed by atoms with Gasteiger partial charge in [0.05, 0.1) is 35.9 Å². The maximum absolute atomic E-state index is 7.36. The molecule has 9 nitrogen and oxygen atoms in total. The fourth-order valence-electron chi connectivity index (χ4n) is 8.51. The van der Waals surface area contributed by atoms with Crippen molar-refractivity contribution < 1.29 is 14.0 Å². The average molecular weight is 725 g/mol. The van der Waals surface area contributed by atoms with Crippen LogP contribution in [0.5, 0.6) is 0 Å². The third-order valence-electron chi connectivity index (χ3n) is 10.9. The predicted molar refractivity (Wildman–Crippen MR) is 216 cm³/mol. The minimum Gasteiger partial charge on any atom is -0.236 e.